The zero-order valence-corrected chi connectivity index (χ0v) is 17.8. The van der Waals surface area contributed by atoms with Gasteiger partial charge in [0, 0.05) is 18.0 Å². The second-order valence-electron chi connectivity index (χ2n) is 5.54. The first-order chi connectivity index (χ1) is 11.8. The van der Waals surface area contributed by atoms with Crippen LogP contribution in [0.3, 0.4) is 0 Å². The summed E-state index contributed by atoms with van der Waals surface area (Å²) >= 11 is 8.08. The molecular weight excluding hydrogens is 376 g/mol. The molecule has 0 fully saturated rings. The Balaban J connectivity index is 2.78. The zero-order chi connectivity index (χ0) is 19.0. The monoisotopic (exact) mass is 402 g/mol. The van der Waals surface area contributed by atoms with Crippen molar-refractivity contribution in [2.75, 3.05) is 30.8 Å². The molecule has 0 aromatic carbocycles. The lowest BCUT2D eigenvalue weighted by Gasteiger charge is -2.20. The number of nitrogens with one attached hydrogen (secondary N) is 1. The van der Waals surface area contributed by atoms with Crippen LogP contribution in [0.15, 0.2) is 6.07 Å². The zero-order valence-electron chi connectivity index (χ0n) is 15.4. The van der Waals surface area contributed by atoms with Gasteiger partial charge in [0.1, 0.15) is 9.32 Å². The normalized spacial score (nSPS) is 10.6. The highest BCUT2D eigenvalue weighted by Crippen LogP contribution is 2.33. The Bertz CT molecular complexity index is 610. The average molecular weight is 403 g/mol. The topological polar surface area (TPSA) is 58.6 Å². The molecule has 0 atom stereocenters. The summed E-state index contributed by atoms with van der Waals surface area (Å²) in [5.41, 5.74) is 0.417. The van der Waals surface area contributed by atoms with Crippen LogP contribution in [0.2, 0.25) is 0 Å². The van der Waals surface area contributed by atoms with E-state index in [9.17, 15) is 9.59 Å². The Labute approximate surface area is 163 Å². The highest BCUT2D eigenvalue weighted by atomic mass is 32.2. The predicted octanol–water partition coefficient (Wildman–Crippen LogP) is 4.35. The van der Waals surface area contributed by atoms with Gasteiger partial charge in [-0.2, -0.15) is 0 Å². The van der Waals surface area contributed by atoms with Gasteiger partial charge >= 0.3 is 5.97 Å². The Kier molecular flexibility index (Phi) is 9.45. The molecule has 0 aliphatic heterocycles. The standard InChI is InChI=1S/C17H26N2O3S3/c1-6-19(7-2)17(23)24-10-14(20)18-15-12(16(21)22-8-3)9-13(25-15)11(4)5/h9,11H,6-8,10H2,1-5H3,(H,18,20). The van der Waals surface area contributed by atoms with Gasteiger partial charge in [-0.3, -0.25) is 4.79 Å². The number of amides is 1. The summed E-state index contributed by atoms with van der Waals surface area (Å²) in [6, 6.07) is 1.80. The molecule has 140 valence electrons. The third-order valence-electron chi connectivity index (χ3n) is 3.42. The van der Waals surface area contributed by atoms with E-state index in [2.05, 4.69) is 5.32 Å². The Morgan fingerprint density at radius 1 is 1.32 bits per heavy atom. The molecule has 25 heavy (non-hydrogen) atoms. The van der Waals surface area contributed by atoms with Crippen molar-refractivity contribution in [1.82, 2.24) is 4.90 Å². The number of esters is 1. The van der Waals surface area contributed by atoms with Gasteiger partial charge in [-0.05, 0) is 32.8 Å². The molecular formula is C17H26N2O3S3. The van der Waals surface area contributed by atoms with E-state index in [4.69, 9.17) is 17.0 Å². The van der Waals surface area contributed by atoms with E-state index in [0.29, 0.717) is 21.5 Å². The average Bonchev–Trinajstić information content (AvgIpc) is 2.98. The molecule has 0 unspecified atom stereocenters. The maximum atomic E-state index is 12.3. The van der Waals surface area contributed by atoms with Crippen LogP contribution in [0.5, 0.6) is 0 Å². The van der Waals surface area contributed by atoms with E-state index in [-0.39, 0.29) is 17.6 Å². The lowest BCUT2D eigenvalue weighted by Crippen LogP contribution is -2.28. The van der Waals surface area contributed by atoms with Crippen molar-refractivity contribution in [1.29, 1.82) is 0 Å². The number of rotatable bonds is 8. The fourth-order valence-electron chi connectivity index (χ4n) is 2.01. The molecule has 1 amide bonds. The third kappa shape index (κ3) is 6.60. The summed E-state index contributed by atoms with van der Waals surface area (Å²) in [6.45, 7) is 11.8. The summed E-state index contributed by atoms with van der Waals surface area (Å²) < 4.78 is 5.79. The number of hydrogen-bond acceptors (Lipinski definition) is 6. The molecule has 0 saturated heterocycles. The largest absolute Gasteiger partial charge is 0.462 e. The molecule has 5 nitrogen and oxygen atoms in total. The molecule has 1 aromatic heterocycles. The van der Waals surface area contributed by atoms with Crippen LogP contribution in [0.1, 0.15) is 55.8 Å². The molecule has 0 aliphatic carbocycles. The van der Waals surface area contributed by atoms with Crippen molar-refractivity contribution in [3.05, 3.63) is 16.5 Å². The van der Waals surface area contributed by atoms with E-state index >= 15 is 0 Å². The van der Waals surface area contributed by atoms with E-state index in [1.807, 2.05) is 32.6 Å². The second kappa shape index (κ2) is 10.8. The van der Waals surface area contributed by atoms with Crippen molar-refractivity contribution in [3.63, 3.8) is 0 Å². The maximum absolute atomic E-state index is 12.3. The molecule has 1 rings (SSSR count). The maximum Gasteiger partial charge on any atom is 0.341 e. The van der Waals surface area contributed by atoms with Crippen LogP contribution in [-0.2, 0) is 9.53 Å². The van der Waals surface area contributed by atoms with Crippen LogP contribution in [-0.4, -0.2) is 46.5 Å². The lowest BCUT2D eigenvalue weighted by atomic mass is 10.1. The quantitative estimate of drug-likeness (QED) is 0.515. The minimum absolute atomic E-state index is 0.179. The molecule has 0 aliphatic rings. The van der Waals surface area contributed by atoms with Crippen molar-refractivity contribution < 1.29 is 14.3 Å². The molecule has 0 radical (unpaired) electrons. The highest BCUT2D eigenvalue weighted by Gasteiger charge is 2.20. The van der Waals surface area contributed by atoms with Gasteiger partial charge in [-0.1, -0.05) is 37.8 Å². The SMILES string of the molecule is CCOC(=O)c1cc(C(C)C)sc1NC(=O)CSC(=S)N(CC)CC. The van der Waals surface area contributed by atoms with Gasteiger partial charge in [0.2, 0.25) is 5.91 Å². The van der Waals surface area contributed by atoms with Gasteiger partial charge in [0.05, 0.1) is 17.9 Å². The first kappa shape index (κ1) is 21.9. The van der Waals surface area contributed by atoms with Crippen molar-refractivity contribution >= 4 is 56.5 Å². The number of nitrogens with zero attached hydrogens (tertiary/aromatic N) is 1. The Hall–Kier alpha value is -1.12. The Morgan fingerprint density at radius 2 is 1.96 bits per heavy atom. The van der Waals surface area contributed by atoms with Gasteiger partial charge in [0.25, 0.3) is 0 Å². The van der Waals surface area contributed by atoms with Gasteiger partial charge in [0.15, 0.2) is 0 Å². The van der Waals surface area contributed by atoms with Crippen LogP contribution in [0, 0.1) is 0 Å². The molecule has 1 heterocycles. The minimum atomic E-state index is -0.410. The smallest absolute Gasteiger partial charge is 0.341 e. The van der Waals surface area contributed by atoms with E-state index in [0.717, 1.165) is 18.0 Å². The van der Waals surface area contributed by atoms with E-state index in [1.165, 1.54) is 23.1 Å². The molecule has 1 aromatic rings. The lowest BCUT2D eigenvalue weighted by molar-refractivity contribution is -0.113. The predicted molar refractivity (Wildman–Crippen MR) is 111 cm³/mol. The number of thioether (sulfide) groups is 1. The molecule has 0 bridgehead atoms. The fraction of sp³-hybridized carbons (Fsp3) is 0.588. The fourth-order valence-corrected chi connectivity index (χ4v) is 4.28. The van der Waals surface area contributed by atoms with Crippen molar-refractivity contribution in [2.24, 2.45) is 0 Å². The first-order valence-corrected chi connectivity index (χ1v) is 10.6. The summed E-state index contributed by atoms with van der Waals surface area (Å²) in [5.74, 6) is -0.102. The number of thiocarbonyl (C=S) groups is 1. The van der Waals surface area contributed by atoms with E-state index in [1.54, 1.807) is 13.0 Å². The van der Waals surface area contributed by atoms with Gasteiger partial charge < -0.3 is 15.0 Å². The first-order valence-electron chi connectivity index (χ1n) is 8.36. The molecule has 0 saturated carbocycles. The van der Waals surface area contributed by atoms with E-state index < -0.39 is 5.97 Å². The minimum Gasteiger partial charge on any atom is -0.462 e. The second-order valence-corrected chi connectivity index (χ2v) is 8.23. The Morgan fingerprint density at radius 3 is 2.48 bits per heavy atom. The van der Waals surface area contributed by atoms with Crippen LogP contribution >= 0.6 is 35.3 Å². The summed E-state index contributed by atoms with van der Waals surface area (Å²) in [4.78, 5) is 27.4. The van der Waals surface area contributed by atoms with Crippen LogP contribution < -0.4 is 5.32 Å². The summed E-state index contributed by atoms with van der Waals surface area (Å²) in [7, 11) is 0. The molecule has 8 heteroatoms. The molecule has 0 spiro atoms. The number of ether oxygens (including phenoxy) is 1. The third-order valence-corrected chi connectivity index (χ3v) is 6.29. The van der Waals surface area contributed by atoms with Gasteiger partial charge in [-0.25, -0.2) is 4.79 Å². The number of carbonyl (C=O) groups excluding carboxylic acids is 2. The number of thiophene rings is 1. The number of anilines is 1. The van der Waals surface area contributed by atoms with Gasteiger partial charge in [-0.15, -0.1) is 11.3 Å². The van der Waals surface area contributed by atoms with Crippen LogP contribution in [0.4, 0.5) is 5.00 Å². The number of hydrogen-bond donors (Lipinski definition) is 1. The summed E-state index contributed by atoms with van der Waals surface area (Å²) in [5, 5.41) is 3.38. The van der Waals surface area contributed by atoms with Crippen LogP contribution in [0.25, 0.3) is 0 Å². The number of carbonyl (C=O) groups is 2. The highest BCUT2D eigenvalue weighted by molar-refractivity contribution is 8.23. The summed E-state index contributed by atoms with van der Waals surface area (Å²) in [6.07, 6.45) is 0. The molecule has 1 N–H and O–H groups in total. The van der Waals surface area contributed by atoms with Crippen molar-refractivity contribution in [3.8, 4) is 0 Å². The van der Waals surface area contributed by atoms with Crippen molar-refractivity contribution in [2.45, 2.75) is 40.5 Å².